The SMILES string of the molecule is CC(C)N(Cc1nnc(-c2ccccc2Cl)o1)C(=O)c1cc(Cl)nc(Cl)c1. The minimum Gasteiger partial charge on any atom is -0.419 e. The smallest absolute Gasteiger partial charge is 0.254 e. The molecule has 0 saturated carbocycles. The molecule has 2 aromatic heterocycles. The molecular formula is C18H15Cl3N4O2. The quantitative estimate of drug-likeness (QED) is 0.529. The summed E-state index contributed by atoms with van der Waals surface area (Å²) in [6.07, 6.45) is 0. The number of hydrogen-bond donors (Lipinski definition) is 0. The molecule has 1 amide bonds. The minimum absolute atomic E-state index is 0.126. The number of nitrogens with zero attached hydrogens (tertiary/aromatic N) is 4. The first-order valence-electron chi connectivity index (χ1n) is 8.06. The maximum atomic E-state index is 12.9. The first kappa shape index (κ1) is 19.6. The lowest BCUT2D eigenvalue weighted by atomic mass is 10.2. The van der Waals surface area contributed by atoms with Gasteiger partial charge in [0.05, 0.1) is 17.1 Å². The van der Waals surface area contributed by atoms with Crippen LogP contribution in [-0.4, -0.2) is 32.0 Å². The third-order valence-corrected chi connectivity index (χ3v) is 4.49. The third-order valence-electron chi connectivity index (χ3n) is 3.77. The predicted octanol–water partition coefficient (Wildman–Crippen LogP) is 5.14. The highest BCUT2D eigenvalue weighted by atomic mass is 35.5. The van der Waals surface area contributed by atoms with Gasteiger partial charge in [-0.3, -0.25) is 4.79 Å². The first-order valence-corrected chi connectivity index (χ1v) is 9.20. The second-order valence-corrected chi connectivity index (χ2v) is 7.19. The van der Waals surface area contributed by atoms with E-state index in [1.54, 1.807) is 17.0 Å². The van der Waals surface area contributed by atoms with Crippen molar-refractivity contribution in [2.45, 2.75) is 26.4 Å². The summed E-state index contributed by atoms with van der Waals surface area (Å²) < 4.78 is 5.70. The highest BCUT2D eigenvalue weighted by molar-refractivity contribution is 6.33. The van der Waals surface area contributed by atoms with Crippen molar-refractivity contribution in [3.63, 3.8) is 0 Å². The maximum absolute atomic E-state index is 12.9. The zero-order chi connectivity index (χ0) is 19.6. The van der Waals surface area contributed by atoms with E-state index < -0.39 is 0 Å². The van der Waals surface area contributed by atoms with Gasteiger partial charge in [0.25, 0.3) is 5.91 Å². The molecule has 2 heterocycles. The normalized spacial score (nSPS) is 11.0. The van der Waals surface area contributed by atoms with Gasteiger partial charge in [-0.1, -0.05) is 46.9 Å². The fourth-order valence-corrected chi connectivity index (χ4v) is 3.13. The summed E-state index contributed by atoms with van der Waals surface area (Å²) in [6.45, 7) is 3.90. The molecule has 6 nitrogen and oxygen atoms in total. The number of carbonyl (C=O) groups excluding carboxylic acids is 1. The number of benzene rings is 1. The fourth-order valence-electron chi connectivity index (χ4n) is 2.45. The molecule has 0 aliphatic carbocycles. The molecule has 0 aliphatic rings. The Balaban J connectivity index is 1.85. The summed E-state index contributed by atoms with van der Waals surface area (Å²) in [5, 5.41) is 8.86. The lowest BCUT2D eigenvalue weighted by Gasteiger charge is -2.25. The van der Waals surface area contributed by atoms with Gasteiger partial charge in [-0.05, 0) is 38.1 Å². The fraction of sp³-hybridized carbons (Fsp3) is 0.222. The van der Waals surface area contributed by atoms with Gasteiger partial charge < -0.3 is 9.32 Å². The molecule has 0 aliphatic heterocycles. The van der Waals surface area contributed by atoms with Crippen molar-refractivity contribution in [3.8, 4) is 11.5 Å². The van der Waals surface area contributed by atoms with Gasteiger partial charge in [0.15, 0.2) is 0 Å². The van der Waals surface area contributed by atoms with Crippen LogP contribution in [-0.2, 0) is 6.54 Å². The molecule has 27 heavy (non-hydrogen) atoms. The Hall–Kier alpha value is -2.15. The average Bonchev–Trinajstić information content (AvgIpc) is 3.07. The van der Waals surface area contributed by atoms with Crippen molar-refractivity contribution in [2.75, 3.05) is 0 Å². The topological polar surface area (TPSA) is 72.1 Å². The van der Waals surface area contributed by atoms with Crippen molar-refractivity contribution in [3.05, 3.63) is 63.2 Å². The molecule has 0 fully saturated rings. The Bertz CT molecular complexity index is 954. The standard InChI is InChI=1S/C18H15Cl3N4O2/c1-10(2)25(18(26)11-7-14(20)22-15(21)8-11)9-16-23-24-17(27-16)12-5-3-4-6-13(12)19/h3-8,10H,9H2,1-2H3. The highest BCUT2D eigenvalue weighted by Gasteiger charge is 2.23. The van der Waals surface area contributed by atoms with Crippen LogP contribution in [0.4, 0.5) is 0 Å². The van der Waals surface area contributed by atoms with E-state index in [-0.39, 0.29) is 28.8 Å². The van der Waals surface area contributed by atoms with E-state index in [1.807, 2.05) is 26.0 Å². The molecule has 9 heteroatoms. The molecular weight excluding hydrogens is 411 g/mol. The van der Waals surface area contributed by atoms with E-state index in [0.29, 0.717) is 27.9 Å². The van der Waals surface area contributed by atoms with Crippen LogP contribution in [0.3, 0.4) is 0 Å². The van der Waals surface area contributed by atoms with Crippen LogP contribution in [0.1, 0.15) is 30.1 Å². The van der Waals surface area contributed by atoms with Gasteiger partial charge in [0.1, 0.15) is 10.3 Å². The number of halogens is 3. The van der Waals surface area contributed by atoms with E-state index in [0.717, 1.165) is 0 Å². The van der Waals surface area contributed by atoms with Gasteiger partial charge in [0, 0.05) is 11.6 Å². The number of carbonyl (C=O) groups is 1. The molecule has 0 atom stereocenters. The van der Waals surface area contributed by atoms with Crippen LogP contribution in [0.5, 0.6) is 0 Å². The Morgan fingerprint density at radius 2 is 1.78 bits per heavy atom. The van der Waals surface area contributed by atoms with E-state index in [1.165, 1.54) is 12.1 Å². The Kier molecular flexibility index (Phi) is 5.99. The largest absolute Gasteiger partial charge is 0.419 e. The van der Waals surface area contributed by atoms with Crippen LogP contribution >= 0.6 is 34.8 Å². The van der Waals surface area contributed by atoms with Gasteiger partial charge in [-0.15, -0.1) is 10.2 Å². The molecule has 0 N–H and O–H groups in total. The molecule has 140 valence electrons. The van der Waals surface area contributed by atoms with Gasteiger partial charge >= 0.3 is 0 Å². The van der Waals surface area contributed by atoms with Crippen LogP contribution < -0.4 is 0 Å². The summed E-state index contributed by atoms with van der Waals surface area (Å²) in [7, 11) is 0. The monoisotopic (exact) mass is 424 g/mol. The number of amides is 1. The molecule has 0 bridgehead atoms. The van der Waals surface area contributed by atoms with Crippen molar-refractivity contribution in [2.24, 2.45) is 0 Å². The Labute approximate surface area is 171 Å². The molecule has 1 aromatic carbocycles. The van der Waals surface area contributed by atoms with Gasteiger partial charge in [0.2, 0.25) is 11.8 Å². The molecule has 0 saturated heterocycles. The van der Waals surface area contributed by atoms with Crippen molar-refractivity contribution >= 4 is 40.7 Å². The van der Waals surface area contributed by atoms with Crippen LogP contribution in [0, 0.1) is 0 Å². The molecule has 3 aromatic rings. The minimum atomic E-state index is -0.270. The maximum Gasteiger partial charge on any atom is 0.254 e. The first-order chi connectivity index (χ1) is 12.8. The van der Waals surface area contributed by atoms with E-state index in [4.69, 9.17) is 39.2 Å². The van der Waals surface area contributed by atoms with E-state index >= 15 is 0 Å². The number of aromatic nitrogens is 3. The van der Waals surface area contributed by atoms with Crippen LogP contribution in [0.15, 0.2) is 40.8 Å². The van der Waals surface area contributed by atoms with Crippen LogP contribution in [0.2, 0.25) is 15.3 Å². The van der Waals surface area contributed by atoms with Gasteiger partial charge in [-0.25, -0.2) is 4.98 Å². The van der Waals surface area contributed by atoms with Crippen molar-refractivity contribution in [1.82, 2.24) is 20.1 Å². The van der Waals surface area contributed by atoms with Crippen LogP contribution in [0.25, 0.3) is 11.5 Å². The molecule has 0 radical (unpaired) electrons. The lowest BCUT2D eigenvalue weighted by Crippen LogP contribution is -2.36. The zero-order valence-electron chi connectivity index (χ0n) is 14.5. The Morgan fingerprint density at radius 3 is 2.41 bits per heavy atom. The molecule has 3 rings (SSSR count). The van der Waals surface area contributed by atoms with Gasteiger partial charge in [-0.2, -0.15) is 0 Å². The van der Waals surface area contributed by atoms with E-state index in [2.05, 4.69) is 15.2 Å². The number of hydrogen-bond acceptors (Lipinski definition) is 5. The van der Waals surface area contributed by atoms with Crippen molar-refractivity contribution in [1.29, 1.82) is 0 Å². The van der Waals surface area contributed by atoms with E-state index in [9.17, 15) is 4.79 Å². The lowest BCUT2D eigenvalue weighted by molar-refractivity contribution is 0.0672. The summed E-state index contributed by atoms with van der Waals surface area (Å²) >= 11 is 18.0. The predicted molar refractivity (Wildman–Crippen MR) is 104 cm³/mol. The zero-order valence-corrected chi connectivity index (χ0v) is 16.8. The molecule has 0 spiro atoms. The second-order valence-electron chi connectivity index (χ2n) is 6.01. The second kappa shape index (κ2) is 8.25. The summed E-state index contributed by atoms with van der Waals surface area (Å²) in [6, 6.07) is 9.97. The van der Waals surface area contributed by atoms with Crippen molar-refractivity contribution < 1.29 is 9.21 Å². The molecule has 0 unspecified atom stereocenters. The Morgan fingerprint density at radius 1 is 1.11 bits per heavy atom. The third kappa shape index (κ3) is 4.58. The summed E-state index contributed by atoms with van der Waals surface area (Å²) in [5.41, 5.74) is 0.965. The number of rotatable bonds is 5. The highest BCUT2D eigenvalue weighted by Crippen LogP contribution is 2.27. The average molecular weight is 426 g/mol. The number of pyridine rings is 1. The summed E-state index contributed by atoms with van der Waals surface area (Å²) in [4.78, 5) is 18.3. The summed E-state index contributed by atoms with van der Waals surface area (Å²) in [5.74, 6) is 0.314.